The number of Topliss-reactive ketones (excluding diaryl/α,β-unsaturated/α-hetero) is 1. The molecule has 7 heteroatoms. The second kappa shape index (κ2) is 10.1. The van der Waals surface area contributed by atoms with Crippen LogP contribution in [-0.2, 0) is 20.8 Å². The zero-order valence-corrected chi connectivity index (χ0v) is 16.7. The second-order valence-electron chi connectivity index (χ2n) is 6.08. The Hall–Kier alpha value is -2.15. The highest BCUT2D eigenvalue weighted by atomic mass is 16.5. The fraction of sp³-hybridized carbons (Fsp3) is 0.632. The second-order valence-corrected chi connectivity index (χ2v) is 6.08. The van der Waals surface area contributed by atoms with Gasteiger partial charge in [0.25, 0.3) is 0 Å². The zero-order valence-electron chi connectivity index (χ0n) is 16.7. The lowest BCUT2D eigenvalue weighted by Crippen LogP contribution is -2.35. The predicted molar refractivity (Wildman–Crippen MR) is 98.6 cm³/mol. The Morgan fingerprint density at radius 1 is 1.15 bits per heavy atom. The molecule has 1 heterocycles. The first kappa shape index (κ1) is 21.9. The molecular formula is C19H30N2O5. The maximum absolute atomic E-state index is 12.9. The van der Waals surface area contributed by atoms with E-state index in [1.807, 2.05) is 20.8 Å². The number of rotatable bonds is 10. The summed E-state index contributed by atoms with van der Waals surface area (Å²) in [5.41, 5.74) is 2.19. The average molecular weight is 366 g/mol. The van der Waals surface area contributed by atoms with Gasteiger partial charge in [0.15, 0.2) is 5.78 Å². The van der Waals surface area contributed by atoms with Crippen molar-refractivity contribution >= 4 is 17.7 Å². The largest absolute Gasteiger partial charge is 0.464 e. The third kappa shape index (κ3) is 4.94. The number of hydrogen-bond donors (Lipinski definition) is 0. The molecule has 0 aliphatic heterocycles. The van der Waals surface area contributed by atoms with E-state index in [1.54, 1.807) is 11.5 Å². The van der Waals surface area contributed by atoms with Gasteiger partial charge in [0.1, 0.15) is 5.69 Å². The minimum Gasteiger partial charge on any atom is -0.464 e. The van der Waals surface area contributed by atoms with Crippen LogP contribution in [0.5, 0.6) is 0 Å². The van der Waals surface area contributed by atoms with Crippen molar-refractivity contribution in [3.05, 3.63) is 22.5 Å². The Kier molecular flexibility index (Phi) is 8.51. The van der Waals surface area contributed by atoms with E-state index in [0.717, 1.165) is 0 Å². The molecule has 0 radical (unpaired) electrons. The van der Waals surface area contributed by atoms with Gasteiger partial charge in [-0.05, 0) is 39.7 Å². The van der Waals surface area contributed by atoms with Crippen molar-refractivity contribution < 1.29 is 23.9 Å². The SMILES string of the molecule is CCOCCCN(CC(=O)c1c(C)c(C(=O)OC)n(CC)c1C)C(C)=O. The van der Waals surface area contributed by atoms with Crippen LogP contribution in [0.25, 0.3) is 0 Å². The van der Waals surface area contributed by atoms with Crippen LogP contribution >= 0.6 is 0 Å². The van der Waals surface area contributed by atoms with Crippen molar-refractivity contribution in [3.63, 3.8) is 0 Å². The fourth-order valence-corrected chi connectivity index (χ4v) is 3.16. The Morgan fingerprint density at radius 3 is 2.31 bits per heavy atom. The van der Waals surface area contributed by atoms with Gasteiger partial charge >= 0.3 is 5.97 Å². The summed E-state index contributed by atoms with van der Waals surface area (Å²) in [6.07, 6.45) is 0.669. The lowest BCUT2D eigenvalue weighted by molar-refractivity contribution is -0.128. The summed E-state index contributed by atoms with van der Waals surface area (Å²) in [6.45, 7) is 11.0. The molecule has 7 nitrogen and oxygen atoms in total. The van der Waals surface area contributed by atoms with Gasteiger partial charge in [-0.15, -0.1) is 0 Å². The minimum absolute atomic E-state index is 0.0164. The van der Waals surface area contributed by atoms with E-state index in [0.29, 0.717) is 55.2 Å². The number of carbonyl (C=O) groups is 3. The zero-order chi connectivity index (χ0) is 19.9. The van der Waals surface area contributed by atoms with E-state index in [2.05, 4.69) is 0 Å². The summed E-state index contributed by atoms with van der Waals surface area (Å²) in [5, 5.41) is 0. The number of ether oxygens (including phenoxy) is 2. The maximum atomic E-state index is 12.9. The molecule has 1 aromatic heterocycles. The van der Waals surface area contributed by atoms with E-state index in [9.17, 15) is 14.4 Å². The van der Waals surface area contributed by atoms with Crippen molar-refractivity contribution in [2.24, 2.45) is 0 Å². The molecule has 0 saturated carbocycles. The molecule has 26 heavy (non-hydrogen) atoms. The van der Waals surface area contributed by atoms with Gasteiger partial charge in [-0.2, -0.15) is 0 Å². The highest BCUT2D eigenvalue weighted by Crippen LogP contribution is 2.24. The molecule has 0 N–H and O–H groups in total. The molecule has 1 amide bonds. The third-order valence-corrected chi connectivity index (χ3v) is 4.44. The summed E-state index contributed by atoms with van der Waals surface area (Å²) < 4.78 is 11.9. The number of hydrogen-bond acceptors (Lipinski definition) is 5. The van der Waals surface area contributed by atoms with E-state index in [1.165, 1.54) is 18.9 Å². The highest BCUT2D eigenvalue weighted by Gasteiger charge is 2.27. The summed E-state index contributed by atoms with van der Waals surface area (Å²) in [4.78, 5) is 38.4. The predicted octanol–water partition coefficient (Wildman–Crippen LogP) is 2.37. The van der Waals surface area contributed by atoms with Crippen molar-refractivity contribution in [1.29, 1.82) is 0 Å². The van der Waals surface area contributed by atoms with E-state index >= 15 is 0 Å². The molecule has 0 aliphatic carbocycles. The number of methoxy groups -OCH3 is 1. The van der Waals surface area contributed by atoms with Crippen LogP contribution in [0.3, 0.4) is 0 Å². The Morgan fingerprint density at radius 2 is 1.81 bits per heavy atom. The molecule has 0 spiro atoms. The van der Waals surface area contributed by atoms with Crippen molar-refractivity contribution in [2.75, 3.05) is 33.4 Å². The number of nitrogens with zero attached hydrogens (tertiary/aromatic N) is 2. The number of amides is 1. The molecule has 0 bridgehead atoms. The molecule has 0 atom stereocenters. The first-order valence-electron chi connectivity index (χ1n) is 8.94. The number of esters is 1. The van der Waals surface area contributed by atoms with E-state index in [4.69, 9.17) is 9.47 Å². The van der Waals surface area contributed by atoms with Gasteiger partial charge < -0.3 is 18.9 Å². The van der Waals surface area contributed by atoms with E-state index < -0.39 is 5.97 Å². The lowest BCUT2D eigenvalue weighted by Gasteiger charge is -2.20. The van der Waals surface area contributed by atoms with Gasteiger partial charge in [0, 0.05) is 44.5 Å². The molecular weight excluding hydrogens is 336 g/mol. The molecule has 1 rings (SSSR count). The Balaban J connectivity index is 3.06. The number of aromatic nitrogens is 1. The Labute approximate surface area is 155 Å². The van der Waals surface area contributed by atoms with Gasteiger partial charge in [-0.1, -0.05) is 0 Å². The van der Waals surface area contributed by atoms with Gasteiger partial charge in [0.05, 0.1) is 13.7 Å². The maximum Gasteiger partial charge on any atom is 0.354 e. The molecule has 0 aromatic carbocycles. The standard InChI is InChI=1S/C19H30N2O5/c1-7-21-14(4)17(13(3)18(21)19(24)25-6)16(23)12-20(15(5)22)10-9-11-26-8-2/h7-12H2,1-6H3. The number of ketones is 1. The Bertz CT molecular complexity index is 663. The first-order chi connectivity index (χ1) is 12.3. The van der Waals surface area contributed by atoms with Crippen molar-refractivity contribution in [3.8, 4) is 0 Å². The quantitative estimate of drug-likeness (QED) is 0.361. The molecule has 0 saturated heterocycles. The molecule has 0 fully saturated rings. The van der Waals surface area contributed by atoms with Crippen LogP contribution in [0.1, 0.15) is 59.3 Å². The summed E-state index contributed by atoms with van der Waals surface area (Å²) in [7, 11) is 1.32. The molecule has 1 aromatic rings. The van der Waals surface area contributed by atoms with Gasteiger partial charge in [0.2, 0.25) is 5.91 Å². The monoisotopic (exact) mass is 366 g/mol. The van der Waals surface area contributed by atoms with Crippen LogP contribution in [0.15, 0.2) is 0 Å². The number of carbonyl (C=O) groups excluding carboxylic acids is 3. The van der Waals surface area contributed by atoms with Crippen LogP contribution in [0.2, 0.25) is 0 Å². The molecule has 0 unspecified atom stereocenters. The van der Waals surface area contributed by atoms with Crippen LogP contribution < -0.4 is 0 Å². The molecule has 0 aliphatic rings. The fourth-order valence-electron chi connectivity index (χ4n) is 3.16. The minimum atomic E-state index is -0.466. The topological polar surface area (TPSA) is 77.8 Å². The molecule has 146 valence electrons. The normalized spacial score (nSPS) is 10.7. The van der Waals surface area contributed by atoms with Crippen LogP contribution in [0, 0.1) is 13.8 Å². The van der Waals surface area contributed by atoms with E-state index in [-0.39, 0.29) is 18.2 Å². The third-order valence-electron chi connectivity index (χ3n) is 4.44. The smallest absolute Gasteiger partial charge is 0.354 e. The van der Waals surface area contributed by atoms with Crippen LogP contribution in [-0.4, -0.2) is 60.5 Å². The average Bonchev–Trinajstić information content (AvgIpc) is 2.86. The van der Waals surface area contributed by atoms with Crippen molar-refractivity contribution in [2.45, 2.75) is 47.6 Å². The van der Waals surface area contributed by atoms with Gasteiger partial charge in [-0.3, -0.25) is 9.59 Å². The first-order valence-corrected chi connectivity index (χ1v) is 8.94. The van der Waals surface area contributed by atoms with Crippen molar-refractivity contribution in [1.82, 2.24) is 9.47 Å². The lowest BCUT2D eigenvalue weighted by atomic mass is 10.1. The highest BCUT2D eigenvalue weighted by molar-refractivity contribution is 6.04. The van der Waals surface area contributed by atoms with Gasteiger partial charge in [-0.25, -0.2) is 4.79 Å². The summed E-state index contributed by atoms with van der Waals surface area (Å²) in [6, 6.07) is 0. The summed E-state index contributed by atoms with van der Waals surface area (Å²) in [5.74, 6) is -0.802. The van der Waals surface area contributed by atoms with Crippen LogP contribution in [0.4, 0.5) is 0 Å². The summed E-state index contributed by atoms with van der Waals surface area (Å²) >= 11 is 0.